The maximum atomic E-state index is 7.06. The molecule has 269 valence electrons. The van der Waals surface area contributed by atoms with Crippen molar-refractivity contribution in [3.63, 3.8) is 0 Å². The molecule has 0 unspecified atom stereocenters. The van der Waals surface area contributed by atoms with Gasteiger partial charge in [-0.25, -0.2) is 0 Å². The fourth-order valence-electron chi connectivity index (χ4n) is 9.24. The van der Waals surface area contributed by atoms with Gasteiger partial charge in [-0.3, -0.25) is 0 Å². The monoisotopic (exact) mass is 745 g/mol. The van der Waals surface area contributed by atoms with Crippen LogP contribution >= 0.6 is 11.8 Å². The van der Waals surface area contributed by atoms with Crippen LogP contribution in [-0.2, 0) is 10.8 Å². The van der Waals surface area contributed by atoms with Gasteiger partial charge < -0.3 is 9.64 Å². The Hall–Kier alpha value is -5.23. The Bertz CT molecular complexity index is 2470. The molecule has 7 aromatic carbocycles. The van der Waals surface area contributed by atoms with Crippen LogP contribution in [0.2, 0.25) is 0 Å². The van der Waals surface area contributed by atoms with Gasteiger partial charge >= 0.3 is 0 Å². The molecule has 0 spiro atoms. The van der Waals surface area contributed by atoms with Crippen LogP contribution in [0.5, 0.6) is 11.5 Å². The van der Waals surface area contributed by atoms with Gasteiger partial charge in [-0.1, -0.05) is 180 Å². The van der Waals surface area contributed by atoms with Crippen LogP contribution in [-0.4, -0.2) is 14.8 Å². The van der Waals surface area contributed by atoms with Gasteiger partial charge in [0.1, 0.15) is 11.5 Å². The number of benzene rings is 7. The van der Waals surface area contributed by atoms with Crippen LogP contribution in [0.15, 0.2) is 168 Å². The highest BCUT2D eigenvalue weighted by molar-refractivity contribution is 8.00. The molecule has 3 aliphatic rings. The van der Waals surface area contributed by atoms with Gasteiger partial charge in [0, 0.05) is 27.2 Å². The third kappa shape index (κ3) is 5.23. The van der Waals surface area contributed by atoms with E-state index in [-0.39, 0.29) is 17.5 Å². The van der Waals surface area contributed by atoms with E-state index < -0.39 is 8.07 Å². The van der Waals surface area contributed by atoms with Crippen LogP contribution in [0.3, 0.4) is 0 Å². The highest BCUT2D eigenvalue weighted by Gasteiger charge is 2.42. The van der Waals surface area contributed by atoms with E-state index >= 15 is 0 Å². The molecule has 0 fully saturated rings. The molecule has 2 nitrogen and oxygen atoms in total. The standard InChI is InChI=1S/C50H44BNOSSi/c1-49(2,3)33-25-27-42-38(29-33)51-39-30-34(50(4,5)6)26-28-44(39)54-45-32-35(31-43(53-42)48(45)51)52-40-21-13-15-23-46(40)55(36-17-9-7-10-18-36,37-19-11-8-12-20-37)47-24-16-14-22-41(47)52/h7-32H,1-6H3/q-1. The summed E-state index contributed by atoms with van der Waals surface area (Å²) >= 11 is 1.89. The molecular formula is C50H44BNOSSi-. The van der Waals surface area contributed by atoms with Crippen molar-refractivity contribution in [3.05, 3.63) is 169 Å². The summed E-state index contributed by atoms with van der Waals surface area (Å²) in [5.41, 5.74) is 10.2. The minimum atomic E-state index is -2.72. The summed E-state index contributed by atoms with van der Waals surface area (Å²) < 4.78 is 7.06. The van der Waals surface area contributed by atoms with Crippen molar-refractivity contribution in [3.8, 4) is 11.5 Å². The van der Waals surface area contributed by atoms with E-state index in [1.807, 2.05) is 11.8 Å². The van der Waals surface area contributed by atoms with E-state index in [0.29, 0.717) is 0 Å². The molecule has 3 aliphatic heterocycles. The van der Waals surface area contributed by atoms with Gasteiger partial charge in [0.25, 0.3) is 6.71 Å². The Balaban J connectivity index is 1.22. The number of ether oxygens (including phenoxy) is 1. The predicted molar refractivity (Wildman–Crippen MR) is 237 cm³/mol. The Morgan fingerprint density at radius 2 is 1.04 bits per heavy atom. The molecule has 10 rings (SSSR count). The molecule has 3 heterocycles. The number of hydrogen-bond acceptors (Lipinski definition) is 3. The van der Waals surface area contributed by atoms with E-state index in [9.17, 15) is 0 Å². The third-order valence-electron chi connectivity index (χ3n) is 12.0. The summed E-state index contributed by atoms with van der Waals surface area (Å²) in [6.45, 7) is 13.9. The summed E-state index contributed by atoms with van der Waals surface area (Å²) in [6.07, 6.45) is 0. The SMILES string of the molecule is CC(C)(C)c1ccc2c(c1)B1c3cc(C(C)(C)C)ccc3Sc3cc(N4c5ccccc5[Si-](c5ccccc5)(c5ccccc5)c5ccccc54)cc(c31)O2. The van der Waals surface area contributed by atoms with Gasteiger partial charge in [0.15, 0.2) is 0 Å². The molecule has 0 saturated heterocycles. The first kappa shape index (κ1) is 34.3. The molecule has 0 saturated carbocycles. The zero-order chi connectivity index (χ0) is 37.7. The number of nitrogens with zero attached hydrogens (tertiary/aromatic N) is 1. The van der Waals surface area contributed by atoms with E-state index in [1.54, 1.807) is 0 Å². The van der Waals surface area contributed by atoms with Crippen molar-refractivity contribution in [2.24, 2.45) is 0 Å². The van der Waals surface area contributed by atoms with Gasteiger partial charge in [0.2, 0.25) is 0 Å². The molecular weight excluding hydrogens is 702 g/mol. The van der Waals surface area contributed by atoms with Crippen molar-refractivity contribution < 1.29 is 4.74 Å². The molecule has 0 aromatic heterocycles. The molecule has 0 bridgehead atoms. The minimum absolute atomic E-state index is 0.0224. The maximum absolute atomic E-state index is 7.06. The zero-order valence-electron chi connectivity index (χ0n) is 32.4. The average molecular weight is 746 g/mol. The van der Waals surface area contributed by atoms with Crippen molar-refractivity contribution in [1.82, 2.24) is 0 Å². The molecule has 0 atom stereocenters. The second-order valence-electron chi connectivity index (χ2n) is 17.3. The van der Waals surface area contributed by atoms with E-state index in [2.05, 4.69) is 204 Å². The number of para-hydroxylation sites is 2. The van der Waals surface area contributed by atoms with Gasteiger partial charge in [-0.2, -0.15) is 10.4 Å². The maximum Gasteiger partial charge on any atom is 0.253 e. The summed E-state index contributed by atoms with van der Waals surface area (Å²) in [4.78, 5) is 5.09. The molecule has 0 radical (unpaired) electrons. The fourth-order valence-corrected chi connectivity index (χ4v) is 15.5. The van der Waals surface area contributed by atoms with Crippen LogP contribution in [0, 0.1) is 0 Å². The zero-order valence-corrected chi connectivity index (χ0v) is 34.2. The van der Waals surface area contributed by atoms with E-state index in [4.69, 9.17) is 4.74 Å². The quantitative estimate of drug-likeness (QED) is 0.168. The summed E-state index contributed by atoms with van der Waals surface area (Å²) in [5, 5.41) is 5.56. The Morgan fingerprint density at radius 1 is 0.509 bits per heavy atom. The second-order valence-corrected chi connectivity index (χ2v) is 22.2. The summed E-state index contributed by atoms with van der Waals surface area (Å²) in [6, 6.07) is 59.6. The largest absolute Gasteiger partial charge is 0.458 e. The van der Waals surface area contributed by atoms with Crippen LogP contribution < -0.4 is 46.8 Å². The third-order valence-corrected chi connectivity index (χ3v) is 18.0. The lowest BCUT2D eigenvalue weighted by atomic mass is 9.35. The van der Waals surface area contributed by atoms with E-state index in [1.165, 1.54) is 69.4 Å². The normalized spacial score (nSPS) is 14.9. The van der Waals surface area contributed by atoms with Crippen molar-refractivity contribution >= 4 is 80.7 Å². The molecule has 55 heavy (non-hydrogen) atoms. The summed E-state index contributed by atoms with van der Waals surface area (Å²) in [5.74, 6) is 1.90. The van der Waals surface area contributed by atoms with Crippen molar-refractivity contribution in [2.45, 2.75) is 62.2 Å². The van der Waals surface area contributed by atoms with E-state index in [0.717, 1.165) is 17.2 Å². The number of hydrogen-bond donors (Lipinski definition) is 0. The smallest absolute Gasteiger partial charge is 0.253 e. The number of rotatable bonds is 3. The molecule has 0 N–H and O–H groups in total. The lowest BCUT2D eigenvalue weighted by Gasteiger charge is -2.54. The lowest BCUT2D eigenvalue weighted by molar-refractivity contribution is 0.485. The first-order valence-electron chi connectivity index (χ1n) is 19.5. The highest BCUT2D eigenvalue weighted by Crippen LogP contribution is 2.45. The molecule has 7 aromatic rings. The van der Waals surface area contributed by atoms with Crippen LogP contribution in [0.25, 0.3) is 0 Å². The van der Waals surface area contributed by atoms with Crippen molar-refractivity contribution in [1.29, 1.82) is 0 Å². The fraction of sp³-hybridized carbons (Fsp3) is 0.160. The van der Waals surface area contributed by atoms with Crippen molar-refractivity contribution in [2.75, 3.05) is 4.90 Å². The van der Waals surface area contributed by atoms with Gasteiger partial charge in [-0.15, -0.1) is 10.4 Å². The van der Waals surface area contributed by atoms with Crippen LogP contribution in [0.1, 0.15) is 52.7 Å². The van der Waals surface area contributed by atoms with Crippen LogP contribution in [0.4, 0.5) is 17.1 Å². The Labute approximate surface area is 331 Å². The van der Waals surface area contributed by atoms with Gasteiger partial charge in [0.05, 0.1) is 5.69 Å². The first-order chi connectivity index (χ1) is 26.5. The summed E-state index contributed by atoms with van der Waals surface area (Å²) in [7, 11) is -2.72. The number of fused-ring (bicyclic) bond motifs is 6. The molecule has 5 heteroatoms. The second kappa shape index (κ2) is 12.4. The molecule has 0 aliphatic carbocycles. The topological polar surface area (TPSA) is 12.5 Å². The van der Waals surface area contributed by atoms with Gasteiger partial charge in [-0.05, 0) is 71.3 Å². The minimum Gasteiger partial charge on any atom is -0.458 e. The Morgan fingerprint density at radius 3 is 1.62 bits per heavy atom. The highest BCUT2D eigenvalue weighted by atomic mass is 32.2. The predicted octanol–water partition coefficient (Wildman–Crippen LogP) is 8.53. The Kier molecular flexibility index (Phi) is 7.72. The first-order valence-corrected chi connectivity index (χ1v) is 22.3. The average Bonchev–Trinajstić information content (AvgIpc) is 3.19. The number of anilines is 3. The molecule has 0 amide bonds. The lowest BCUT2D eigenvalue weighted by Crippen LogP contribution is -2.77.